The van der Waals surface area contributed by atoms with Gasteiger partial charge in [-0.2, -0.15) is 0 Å². The van der Waals surface area contributed by atoms with E-state index in [1.807, 2.05) is 0 Å². The second-order valence-corrected chi connectivity index (χ2v) is 11.7. The fraction of sp³-hybridized carbons (Fsp3) is 0.185. The van der Waals surface area contributed by atoms with Crippen LogP contribution < -0.4 is 15.6 Å². The van der Waals surface area contributed by atoms with Gasteiger partial charge in [-0.3, -0.25) is 0 Å². The predicted octanol–water partition coefficient (Wildman–Crippen LogP) is 5.21. The van der Waals surface area contributed by atoms with Gasteiger partial charge in [0.2, 0.25) is 0 Å². The lowest BCUT2D eigenvalue weighted by Crippen LogP contribution is -2.69. The van der Waals surface area contributed by atoms with E-state index in [4.69, 9.17) is 0 Å². The first-order valence-corrected chi connectivity index (χ1v) is 12.5. The third-order valence-corrected chi connectivity index (χ3v) is 11.0. The Kier molecular flexibility index (Phi) is 5.73. The van der Waals surface area contributed by atoms with Gasteiger partial charge in [-0.1, -0.05) is 128 Å². The summed E-state index contributed by atoms with van der Waals surface area (Å²) in [5.74, 6) is 0. The third kappa shape index (κ3) is 3.43. The van der Waals surface area contributed by atoms with Crippen LogP contribution in [0.5, 0.6) is 0 Å². The molecule has 0 aromatic heterocycles. The van der Waals surface area contributed by atoms with Gasteiger partial charge in [-0.15, -0.1) is 0 Å². The maximum atomic E-state index is 2.56. The van der Waals surface area contributed by atoms with Crippen LogP contribution in [0.1, 0.15) is 26.2 Å². The number of benzene rings is 3. The SMILES string of the molecule is CCCCC1=CC([Si](c2ccccc2)(c2ccccc2)c2ccccc2)C=C1. The Morgan fingerprint density at radius 2 is 1.14 bits per heavy atom. The quantitative estimate of drug-likeness (QED) is 0.390. The predicted molar refractivity (Wildman–Crippen MR) is 124 cm³/mol. The summed E-state index contributed by atoms with van der Waals surface area (Å²) in [7, 11) is -2.23. The van der Waals surface area contributed by atoms with Gasteiger partial charge < -0.3 is 0 Å². The lowest BCUT2D eigenvalue weighted by molar-refractivity contribution is 0.798. The minimum absolute atomic E-state index is 0.437. The largest absolute Gasteiger partial charge is 0.158 e. The molecular weight excluding hydrogens is 352 g/mol. The van der Waals surface area contributed by atoms with Gasteiger partial charge in [0.15, 0.2) is 8.07 Å². The topological polar surface area (TPSA) is 0 Å². The number of unbranched alkanes of at least 4 members (excludes halogenated alkanes) is 1. The molecule has 3 aromatic carbocycles. The van der Waals surface area contributed by atoms with Crippen molar-refractivity contribution < 1.29 is 0 Å². The molecule has 0 N–H and O–H groups in total. The van der Waals surface area contributed by atoms with Crippen LogP contribution in [0.2, 0.25) is 5.54 Å². The van der Waals surface area contributed by atoms with E-state index in [0.717, 1.165) is 0 Å². The highest BCUT2D eigenvalue weighted by Crippen LogP contribution is 2.33. The van der Waals surface area contributed by atoms with Crippen molar-refractivity contribution in [1.29, 1.82) is 0 Å². The molecule has 1 heteroatoms. The number of rotatable bonds is 7. The maximum Gasteiger partial charge on any atom is 0.158 e. The van der Waals surface area contributed by atoms with E-state index in [2.05, 4.69) is 116 Å². The molecule has 0 saturated heterocycles. The third-order valence-electron chi connectivity index (χ3n) is 5.92. The van der Waals surface area contributed by atoms with E-state index < -0.39 is 8.07 Å². The number of allylic oxidation sites excluding steroid dienone is 4. The fourth-order valence-electron chi connectivity index (χ4n) is 4.57. The molecule has 0 aliphatic heterocycles. The van der Waals surface area contributed by atoms with Crippen molar-refractivity contribution in [3.63, 3.8) is 0 Å². The summed E-state index contributed by atoms with van der Waals surface area (Å²) < 4.78 is 0. The van der Waals surface area contributed by atoms with Crippen molar-refractivity contribution in [3.8, 4) is 0 Å². The van der Waals surface area contributed by atoms with Crippen LogP contribution in [0, 0.1) is 0 Å². The first kappa shape index (κ1) is 18.7. The molecule has 0 heterocycles. The molecule has 0 amide bonds. The fourth-order valence-corrected chi connectivity index (χ4v) is 9.72. The standard InChI is InChI=1S/C27H28Si/c1-2-3-13-23-20-21-27(22-23)28(24-14-7-4-8-15-24,25-16-9-5-10-17-25)26-18-11-6-12-19-26/h4-12,14-22,27H,2-3,13H2,1H3. The van der Waals surface area contributed by atoms with Crippen LogP contribution in [-0.4, -0.2) is 8.07 Å². The molecule has 0 radical (unpaired) electrons. The first-order valence-electron chi connectivity index (χ1n) is 10.4. The van der Waals surface area contributed by atoms with Crippen molar-refractivity contribution in [3.05, 3.63) is 115 Å². The molecule has 28 heavy (non-hydrogen) atoms. The summed E-state index contributed by atoms with van der Waals surface area (Å²) in [6.07, 6.45) is 11.1. The summed E-state index contributed by atoms with van der Waals surface area (Å²) in [5, 5.41) is 4.44. The zero-order valence-electron chi connectivity index (χ0n) is 16.6. The second kappa shape index (κ2) is 8.58. The Bertz CT molecular complexity index is 843. The summed E-state index contributed by atoms with van der Waals surface area (Å²) in [5.41, 5.74) is 1.94. The Morgan fingerprint density at radius 1 is 0.679 bits per heavy atom. The lowest BCUT2D eigenvalue weighted by atomic mass is 10.1. The molecule has 1 unspecified atom stereocenters. The lowest BCUT2D eigenvalue weighted by Gasteiger charge is -2.37. The maximum absolute atomic E-state index is 2.56. The van der Waals surface area contributed by atoms with Crippen molar-refractivity contribution >= 4 is 23.6 Å². The van der Waals surface area contributed by atoms with Crippen LogP contribution >= 0.6 is 0 Å². The number of hydrogen-bond donors (Lipinski definition) is 0. The van der Waals surface area contributed by atoms with Crippen molar-refractivity contribution in [2.24, 2.45) is 0 Å². The van der Waals surface area contributed by atoms with Crippen molar-refractivity contribution in [1.82, 2.24) is 0 Å². The summed E-state index contributed by atoms with van der Waals surface area (Å²) in [6, 6.07) is 33.6. The normalized spacial score (nSPS) is 16.2. The van der Waals surface area contributed by atoms with Crippen LogP contribution in [0.25, 0.3) is 0 Å². The molecule has 0 fully saturated rings. The molecule has 1 atom stereocenters. The van der Waals surface area contributed by atoms with Crippen LogP contribution in [0.15, 0.2) is 115 Å². The Balaban J connectivity index is 1.95. The second-order valence-electron chi connectivity index (χ2n) is 7.64. The van der Waals surface area contributed by atoms with E-state index >= 15 is 0 Å². The molecule has 140 valence electrons. The highest BCUT2D eigenvalue weighted by molar-refractivity contribution is 7.13. The molecule has 0 saturated carbocycles. The number of hydrogen-bond acceptors (Lipinski definition) is 0. The van der Waals surface area contributed by atoms with Gasteiger partial charge in [0.1, 0.15) is 0 Å². The van der Waals surface area contributed by atoms with E-state index in [1.54, 1.807) is 0 Å². The van der Waals surface area contributed by atoms with Gasteiger partial charge >= 0.3 is 0 Å². The Morgan fingerprint density at radius 3 is 1.57 bits per heavy atom. The van der Waals surface area contributed by atoms with E-state index in [0.29, 0.717) is 5.54 Å². The summed E-state index contributed by atoms with van der Waals surface area (Å²) in [6.45, 7) is 2.27. The highest BCUT2D eigenvalue weighted by atomic mass is 28.3. The Hall–Kier alpha value is -2.64. The van der Waals surface area contributed by atoms with E-state index in [1.165, 1.54) is 40.4 Å². The molecular formula is C27H28Si. The highest BCUT2D eigenvalue weighted by Gasteiger charge is 2.45. The van der Waals surface area contributed by atoms with Gasteiger partial charge in [0.25, 0.3) is 0 Å². The zero-order valence-corrected chi connectivity index (χ0v) is 17.6. The molecule has 3 aromatic rings. The Labute approximate surface area is 170 Å². The molecule has 0 nitrogen and oxygen atoms in total. The van der Waals surface area contributed by atoms with Gasteiger partial charge in [-0.05, 0) is 28.4 Å². The van der Waals surface area contributed by atoms with E-state index in [9.17, 15) is 0 Å². The minimum atomic E-state index is -2.23. The minimum Gasteiger partial charge on any atom is -0.0790 e. The monoisotopic (exact) mass is 380 g/mol. The summed E-state index contributed by atoms with van der Waals surface area (Å²) in [4.78, 5) is 0. The van der Waals surface area contributed by atoms with Crippen molar-refractivity contribution in [2.45, 2.75) is 31.7 Å². The van der Waals surface area contributed by atoms with Crippen LogP contribution in [-0.2, 0) is 0 Å². The van der Waals surface area contributed by atoms with E-state index in [-0.39, 0.29) is 0 Å². The van der Waals surface area contributed by atoms with Crippen molar-refractivity contribution in [2.75, 3.05) is 0 Å². The first-order chi connectivity index (χ1) is 13.9. The smallest absolute Gasteiger partial charge is 0.0790 e. The molecule has 0 spiro atoms. The molecule has 0 bridgehead atoms. The molecule has 1 aliphatic carbocycles. The average Bonchev–Trinajstić information content (AvgIpc) is 3.24. The van der Waals surface area contributed by atoms with Gasteiger partial charge in [0.05, 0.1) is 0 Å². The molecule has 4 rings (SSSR count). The van der Waals surface area contributed by atoms with Crippen LogP contribution in [0.3, 0.4) is 0 Å². The summed E-state index contributed by atoms with van der Waals surface area (Å²) >= 11 is 0. The average molecular weight is 381 g/mol. The van der Waals surface area contributed by atoms with Crippen LogP contribution in [0.4, 0.5) is 0 Å². The van der Waals surface area contributed by atoms with Gasteiger partial charge in [0, 0.05) is 5.54 Å². The van der Waals surface area contributed by atoms with Gasteiger partial charge in [-0.25, -0.2) is 0 Å². The molecule has 1 aliphatic rings. The zero-order chi connectivity index (χ0) is 19.2.